The molecule has 30 heavy (non-hydrogen) atoms. The third-order valence-electron chi connectivity index (χ3n) is 5.04. The second-order valence-electron chi connectivity index (χ2n) is 7.41. The molecule has 2 aromatic rings. The first-order valence-corrected chi connectivity index (χ1v) is 11.2. The largest absolute Gasteiger partial charge is 0.372 e. The van der Waals surface area contributed by atoms with Crippen molar-refractivity contribution in [3.8, 4) is 0 Å². The molecule has 1 aliphatic heterocycles. The summed E-state index contributed by atoms with van der Waals surface area (Å²) in [5, 5.41) is 2.76. The number of carbonyl (C=O) groups excluding carboxylic acids is 1. The van der Waals surface area contributed by atoms with E-state index in [9.17, 15) is 17.6 Å². The lowest BCUT2D eigenvalue weighted by Crippen LogP contribution is -2.45. The van der Waals surface area contributed by atoms with Crippen molar-refractivity contribution in [2.24, 2.45) is 0 Å². The van der Waals surface area contributed by atoms with Gasteiger partial charge in [-0.2, -0.15) is 12.7 Å². The summed E-state index contributed by atoms with van der Waals surface area (Å²) in [6, 6.07) is 13.0. The van der Waals surface area contributed by atoms with Crippen molar-refractivity contribution in [1.29, 1.82) is 0 Å². The molecule has 1 fully saturated rings. The highest BCUT2D eigenvalue weighted by atomic mass is 32.2. The molecule has 2 aromatic carbocycles. The van der Waals surface area contributed by atoms with Crippen LogP contribution in [0.1, 0.15) is 18.4 Å². The van der Waals surface area contributed by atoms with Gasteiger partial charge in [-0.05, 0) is 54.8 Å². The van der Waals surface area contributed by atoms with Crippen molar-refractivity contribution in [2.75, 3.05) is 42.9 Å². The molecule has 0 saturated carbocycles. The molecule has 1 aliphatic rings. The maximum absolute atomic E-state index is 13.2. The van der Waals surface area contributed by atoms with Gasteiger partial charge in [-0.15, -0.1) is 0 Å². The lowest BCUT2D eigenvalue weighted by Gasteiger charge is -2.27. The second-order valence-corrected chi connectivity index (χ2v) is 9.48. The summed E-state index contributed by atoms with van der Waals surface area (Å²) in [6.07, 6.45) is 2.41. The van der Waals surface area contributed by atoms with E-state index in [2.05, 4.69) is 10.2 Å². The zero-order valence-electron chi connectivity index (χ0n) is 17.2. The van der Waals surface area contributed by atoms with Crippen molar-refractivity contribution in [1.82, 2.24) is 9.62 Å². The molecule has 0 aromatic heterocycles. The molecule has 7 nitrogen and oxygen atoms in total. The molecule has 0 spiro atoms. The van der Waals surface area contributed by atoms with Crippen LogP contribution in [0.15, 0.2) is 48.5 Å². The maximum Gasteiger partial charge on any atom is 0.304 e. The minimum absolute atomic E-state index is 0.218. The van der Waals surface area contributed by atoms with Crippen LogP contribution in [-0.4, -0.2) is 52.4 Å². The summed E-state index contributed by atoms with van der Waals surface area (Å²) in [6.45, 7) is 2.02. The van der Waals surface area contributed by atoms with Crippen LogP contribution in [0.3, 0.4) is 0 Å². The van der Waals surface area contributed by atoms with Gasteiger partial charge in [-0.1, -0.05) is 12.1 Å². The van der Waals surface area contributed by atoms with Gasteiger partial charge in [-0.3, -0.25) is 4.79 Å². The van der Waals surface area contributed by atoms with Crippen LogP contribution >= 0.6 is 0 Å². The molecule has 1 amide bonds. The third kappa shape index (κ3) is 5.28. The number of amides is 1. The Bertz CT molecular complexity index is 957. The summed E-state index contributed by atoms with van der Waals surface area (Å²) in [5.41, 5.74) is 2.31. The Morgan fingerprint density at radius 3 is 2.20 bits per heavy atom. The van der Waals surface area contributed by atoms with E-state index in [-0.39, 0.29) is 5.69 Å². The minimum atomic E-state index is -3.92. The van der Waals surface area contributed by atoms with Crippen LogP contribution in [0.2, 0.25) is 0 Å². The average Bonchev–Trinajstić information content (AvgIpc) is 3.26. The van der Waals surface area contributed by atoms with Gasteiger partial charge in [0.05, 0.1) is 5.69 Å². The van der Waals surface area contributed by atoms with Crippen molar-refractivity contribution in [3.63, 3.8) is 0 Å². The lowest BCUT2D eigenvalue weighted by molar-refractivity contribution is -0.119. The quantitative estimate of drug-likeness (QED) is 0.692. The lowest BCUT2D eigenvalue weighted by atomic mass is 10.2. The fraction of sp³-hybridized carbons (Fsp3) is 0.381. The van der Waals surface area contributed by atoms with Gasteiger partial charge in [-0.25, -0.2) is 8.70 Å². The summed E-state index contributed by atoms with van der Waals surface area (Å²) in [7, 11) is -1.16. The Kier molecular flexibility index (Phi) is 6.94. The standard InChI is InChI=1S/C21H27FN4O3S/c1-24(2)30(28,29)26(20-11-7-18(22)8-12-20)16-21(27)23-15-17-5-9-19(10-6-17)25-13-3-4-14-25/h5-12H,3-4,13-16H2,1-2H3,(H,23,27). The predicted molar refractivity (Wildman–Crippen MR) is 116 cm³/mol. The Labute approximate surface area is 177 Å². The molecular formula is C21H27FN4O3S. The van der Waals surface area contributed by atoms with Crippen LogP contribution in [0.25, 0.3) is 0 Å². The van der Waals surface area contributed by atoms with Gasteiger partial charge in [0.2, 0.25) is 5.91 Å². The SMILES string of the molecule is CN(C)S(=O)(=O)N(CC(=O)NCc1ccc(N2CCCC2)cc1)c1ccc(F)cc1. The van der Waals surface area contributed by atoms with Crippen LogP contribution in [0, 0.1) is 5.82 Å². The first kappa shape index (κ1) is 22.0. The van der Waals surface area contributed by atoms with Gasteiger partial charge in [0.1, 0.15) is 12.4 Å². The van der Waals surface area contributed by atoms with E-state index in [4.69, 9.17) is 0 Å². The number of anilines is 2. The van der Waals surface area contributed by atoms with E-state index in [1.807, 2.05) is 24.3 Å². The number of benzene rings is 2. The van der Waals surface area contributed by atoms with E-state index in [0.717, 1.165) is 39.4 Å². The molecule has 0 atom stereocenters. The molecule has 0 radical (unpaired) electrons. The highest BCUT2D eigenvalue weighted by Crippen LogP contribution is 2.21. The number of nitrogens with one attached hydrogen (secondary N) is 1. The molecule has 0 unspecified atom stereocenters. The summed E-state index contributed by atoms with van der Waals surface area (Å²) >= 11 is 0. The zero-order chi connectivity index (χ0) is 21.7. The first-order valence-electron chi connectivity index (χ1n) is 9.84. The molecular weight excluding hydrogens is 407 g/mol. The van der Waals surface area contributed by atoms with Crippen molar-refractivity contribution >= 4 is 27.5 Å². The molecule has 162 valence electrons. The van der Waals surface area contributed by atoms with Gasteiger partial charge < -0.3 is 10.2 Å². The summed E-state index contributed by atoms with van der Waals surface area (Å²) in [4.78, 5) is 14.8. The van der Waals surface area contributed by atoms with Crippen LogP contribution in [0.4, 0.5) is 15.8 Å². The van der Waals surface area contributed by atoms with E-state index < -0.39 is 28.5 Å². The average molecular weight is 435 g/mol. The van der Waals surface area contributed by atoms with E-state index in [1.54, 1.807) is 0 Å². The highest BCUT2D eigenvalue weighted by molar-refractivity contribution is 7.90. The third-order valence-corrected chi connectivity index (χ3v) is 6.86. The van der Waals surface area contributed by atoms with Crippen molar-refractivity contribution in [2.45, 2.75) is 19.4 Å². The Morgan fingerprint density at radius 2 is 1.63 bits per heavy atom. The molecule has 0 aliphatic carbocycles. The van der Waals surface area contributed by atoms with Crippen molar-refractivity contribution in [3.05, 3.63) is 59.9 Å². The second kappa shape index (κ2) is 9.44. The Morgan fingerprint density at radius 1 is 1.03 bits per heavy atom. The fourth-order valence-electron chi connectivity index (χ4n) is 3.30. The molecule has 1 saturated heterocycles. The van der Waals surface area contributed by atoms with Crippen LogP contribution < -0.4 is 14.5 Å². The topological polar surface area (TPSA) is 73.0 Å². The number of hydrogen-bond donors (Lipinski definition) is 1. The highest BCUT2D eigenvalue weighted by Gasteiger charge is 2.27. The smallest absolute Gasteiger partial charge is 0.304 e. The van der Waals surface area contributed by atoms with Gasteiger partial charge in [0.25, 0.3) is 0 Å². The molecule has 1 heterocycles. The maximum atomic E-state index is 13.2. The van der Waals surface area contributed by atoms with Crippen LogP contribution in [-0.2, 0) is 21.5 Å². The minimum Gasteiger partial charge on any atom is -0.372 e. The molecule has 1 N–H and O–H groups in total. The van der Waals surface area contributed by atoms with Gasteiger partial charge >= 0.3 is 10.2 Å². The predicted octanol–water partition coefficient (Wildman–Crippen LogP) is 2.36. The fourth-order valence-corrected chi connectivity index (χ4v) is 4.36. The number of halogens is 1. The van der Waals surface area contributed by atoms with Crippen LogP contribution in [0.5, 0.6) is 0 Å². The van der Waals surface area contributed by atoms with E-state index >= 15 is 0 Å². The molecule has 3 rings (SSSR count). The number of nitrogens with zero attached hydrogens (tertiary/aromatic N) is 3. The summed E-state index contributed by atoms with van der Waals surface area (Å²) in [5.74, 6) is -0.934. The van der Waals surface area contributed by atoms with E-state index in [1.165, 1.54) is 44.8 Å². The molecule has 9 heteroatoms. The number of hydrogen-bond acceptors (Lipinski definition) is 4. The van der Waals surface area contributed by atoms with Crippen molar-refractivity contribution < 1.29 is 17.6 Å². The first-order chi connectivity index (χ1) is 14.3. The van der Waals surface area contributed by atoms with E-state index in [0.29, 0.717) is 6.54 Å². The van der Waals surface area contributed by atoms with Gasteiger partial charge in [0.15, 0.2) is 0 Å². The Balaban J connectivity index is 1.65. The summed E-state index contributed by atoms with van der Waals surface area (Å²) < 4.78 is 40.5. The Hall–Kier alpha value is -2.65. The zero-order valence-corrected chi connectivity index (χ0v) is 18.0. The normalized spacial score (nSPS) is 14.2. The number of carbonyl (C=O) groups is 1. The number of rotatable bonds is 8. The molecule has 0 bridgehead atoms. The van der Waals surface area contributed by atoms with Gasteiger partial charge in [0, 0.05) is 39.4 Å². The monoisotopic (exact) mass is 434 g/mol.